The van der Waals surface area contributed by atoms with Crippen molar-refractivity contribution in [3.8, 4) is 22.6 Å². The highest BCUT2D eigenvalue weighted by Crippen LogP contribution is 2.46. The van der Waals surface area contributed by atoms with Crippen molar-refractivity contribution >= 4 is 40.1 Å². The van der Waals surface area contributed by atoms with Gasteiger partial charge < -0.3 is 19.9 Å². The molecule has 1 saturated carbocycles. The van der Waals surface area contributed by atoms with E-state index in [1.807, 2.05) is 18.2 Å². The van der Waals surface area contributed by atoms with E-state index in [1.54, 1.807) is 26.5 Å². The zero-order valence-corrected chi connectivity index (χ0v) is 19.0. The zero-order chi connectivity index (χ0) is 22.0. The maximum atomic E-state index is 10.4. The van der Waals surface area contributed by atoms with Gasteiger partial charge in [0.2, 0.25) is 5.95 Å². The van der Waals surface area contributed by atoms with E-state index in [2.05, 4.69) is 15.3 Å². The highest BCUT2D eigenvalue weighted by molar-refractivity contribution is 6.41. The minimum atomic E-state index is -0.378. The Labute approximate surface area is 191 Å². The Hall–Kier alpha value is -2.28. The molecule has 0 bridgehead atoms. The molecule has 2 N–H and O–H groups in total. The number of anilines is 1. The molecular formula is C23H25Cl2N3O3. The van der Waals surface area contributed by atoms with Crippen LogP contribution in [0.5, 0.6) is 11.5 Å². The Bertz CT molecular complexity index is 1070. The first-order chi connectivity index (χ1) is 15.0. The minimum Gasteiger partial charge on any atom is -0.495 e. The Balaban J connectivity index is 1.68. The quantitative estimate of drug-likeness (QED) is 0.472. The van der Waals surface area contributed by atoms with Crippen molar-refractivity contribution < 1.29 is 14.6 Å². The maximum Gasteiger partial charge on any atom is 0.223 e. The standard InChI is InChI=1S/C23H25Cl2N3O3/c1-30-18-11-19(31-2)22(25)20(21(18)24)13-8-9-15-14(10-13)12-26-23(27-15)28-16-6-4-3-5-7-17(16)29/h8-12,16-17,29H,3-7H2,1-2H3,(H,26,27,28)/t16?,17-/m1/s1. The van der Waals surface area contributed by atoms with Crippen molar-refractivity contribution in [3.63, 3.8) is 0 Å². The molecule has 6 nitrogen and oxygen atoms in total. The number of hydrogen-bond acceptors (Lipinski definition) is 6. The number of nitrogens with zero attached hydrogens (tertiary/aromatic N) is 2. The van der Waals surface area contributed by atoms with E-state index in [4.69, 9.17) is 32.7 Å². The summed E-state index contributed by atoms with van der Waals surface area (Å²) in [7, 11) is 3.10. The summed E-state index contributed by atoms with van der Waals surface area (Å²) in [6.45, 7) is 0. The van der Waals surface area contributed by atoms with Crippen LogP contribution in [0.15, 0.2) is 30.5 Å². The number of hydrogen-bond donors (Lipinski definition) is 2. The fourth-order valence-electron chi connectivity index (χ4n) is 4.02. The zero-order valence-electron chi connectivity index (χ0n) is 17.5. The van der Waals surface area contributed by atoms with Gasteiger partial charge in [-0.25, -0.2) is 9.97 Å². The predicted molar refractivity (Wildman–Crippen MR) is 125 cm³/mol. The number of nitrogens with one attached hydrogen (secondary N) is 1. The Morgan fingerprint density at radius 3 is 2.42 bits per heavy atom. The lowest BCUT2D eigenvalue weighted by atomic mass is 10.0. The summed E-state index contributed by atoms with van der Waals surface area (Å²) < 4.78 is 10.7. The van der Waals surface area contributed by atoms with Crippen molar-refractivity contribution in [3.05, 3.63) is 40.5 Å². The fourth-order valence-corrected chi connectivity index (χ4v) is 4.74. The highest BCUT2D eigenvalue weighted by Gasteiger charge is 2.22. The van der Waals surface area contributed by atoms with Gasteiger partial charge in [0, 0.05) is 23.2 Å². The lowest BCUT2D eigenvalue weighted by Gasteiger charge is -2.21. The van der Waals surface area contributed by atoms with Crippen LogP contribution in [-0.4, -0.2) is 41.4 Å². The third kappa shape index (κ3) is 4.52. The number of aromatic nitrogens is 2. The molecule has 1 aromatic heterocycles. The molecule has 0 aliphatic heterocycles. The summed E-state index contributed by atoms with van der Waals surface area (Å²) in [5.74, 6) is 1.48. The predicted octanol–water partition coefficient (Wildman–Crippen LogP) is 5.73. The number of ether oxygens (including phenoxy) is 2. The van der Waals surface area contributed by atoms with Gasteiger partial charge in [0.25, 0.3) is 0 Å². The second-order valence-corrected chi connectivity index (χ2v) is 8.46. The van der Waals surface area contributed by atoms with Crippen LogP contribution in [0.4, 0.5) is 5.95 Å². The van der Waals surface area contributed by atoms with E-state index in [-0.39, 0.29) is 12.1 Å². The number of halogens is 2. The van der Waals surface area contributed by atoms with Crippen LogP contribution in [0, 0.1) is 0 Å². The third-order valence-electron chi connectivity index (χ3n) is 5.74. The van der Waals surface area contributed by atoms with Crippen LogP contribution < -0.4 is 14.8 Å². The summed E-state index contributed by atoms with van der Waals surface area (Å²) in [4.78, 5) is 9.10. The number of fused-ring (bicyclic) bond motifs is 1. The van der Waals surface area contributed by atoms with Gasteiger partial charge in [0.05, 0.1) is 41.9 Å². The third-order valence-corrected chi connectivity index (χ3v) is 6.49. The van der Waals surface area contributed by atoms with E-state index in [0.717, 1.165) is 48.6 Å². The molecule has 1 aliphatic rings. The van der Waals surface area contributed by atoms with Gasteiger partial charge in [-0.15, -0.1) is 0 Å². The van der Waals surface area contributed by atoms with E-state index >= 15 is 0 Å². The normalized spacial score (nSPS) is 19.1. The second kappa shape index (κ2) is 9.47. The van der Waals surface area contributed by atoms with Gasteiger partial charge in [-0.05, 0) is 30.5 Å². The van der Waals surface area contributed by atoms with Crippen LogP contribution in [0.3, 0.4) is 0 Å². The van der Waals surface area contributed by atoms with E-state index < -0.39 is 0 Å². The molecule has 2 atom stereocenters. The van der Waals surface area contributed by atoms with Crippen molar-refractivity contribution in [2.75, 3.05) is 19.5 Å². The molecule has 3 aromatic rings. The minimum absolute atomic E-state index is 0.0268. The van der Waals surface area contributed by atoms with E-state index in [0.29, 0.717) is 33.1 Å². The molecular weight excluding hydrogens is 437 g/mol. The average molecular weight is 462 g/mol. The van der Waals surface area contributed by atoms with Crippen molar-refractivity contribution in [2.45, 2.75) is 44.2 Å². The molecule has 164 valence electrons. The van der Waals surface area contributed by atoms with Gasteiger partial charge in [0.1, 0.15) is 11.5 Å². The number of methoxy groups -OCH3 is 2. The maximum absolute atomic E-state index is 10.4. The van der Waals surface area contributed by atoms with Gasteiger partial charge in [-0.2, -0.15) is 0 Å². The average Bonchev–Trinajstić information content (AvgIpc) is 2.98. The van der Waals surface area contributed by atoms with Crippen LogP contribution in [-0.2, 0) is 0 Å². The SMILES string of the molecule is COc1cc(OC)c(Cl)c(-c2ccc3nc(NC4CCCCC[C@H]4O)ncc3c2)c1Cl. The molecule has 2 aromatic carbocycles. The van der Waals surface area contributed by atoms with Gasteiger partial charge in [-0.3, -0.25) is 0 Å². The number of aliphatic hydroxyl groups excluding tert-OH is 1. The largest absolute Gasteiger partial charge is 0.495 e. The first-order valence-electron chi connectivity index (χ1n) is 10.3. The summed E-state index contributed by atoms with van der Waals surface area (Å²) in [6, 6.07) is 7.38. The Kier molecular flexibility index (Phi) is 6.70. The van der Waals surface area contributed by atoms with Crippen molar-refractivity contribution in [1.82, 2.24) is 9.97 Å². The van der Waals surface area contributed by atoms with E-state index in [9.17, 15) is 5.11 Å². The molecule has 31 heavy (non-hydrogen) atoms. The van der Waals surface area contributed by atoms with Crippen LogP contribution in [0.2, 0.25) is 10.0 Å². The lowest BCUT2D eigenvalue weighted by molar-refractivity contribution is 0.144. The summed E-state index contributed by atoms with van der Waals surface area (Å²) in [6.07, 6.45) is 6.40. The molecule has 0 spiro atoms. The summed E-state index contributed by atoms with van der Waals surface area (Å²) >= 11 is 13.1. The molecule has 0 amide bonds. The van der Waals surface area contributed by atoms with Gasteiger partial charge in [-0.1, -0.05) is 48.5 Å². The number of benzene rings is 2. The number of rotatable bonds is 5. The molecule has 8 heteroatoms. The summed E-state index contributed by atoms with van der Waals surface area (Å²) in [5, 5.41) is 15.3. The number of aliphatic hydroxyl groups is 1. The molecule has 1 fully saturated rings. The first kappa shape index (κ1) is 21.9. The molecule has 1 heterocycles. The Morgan fingerprint density at radius 2 is 1.71 bits per heavy atom. The smallest absolute Gasteiger partial charge is 0.223 e. The van der Waals surface area contributed by atoms with E-state index in [1.165, 1.54) is 0 Å². The van der Waals surface area contributed by atoms with Crippen LogP contribution >= 0.6 is 23.2 Å². The highest BCUT2D eigenvalue weighted by atomic mass is 35.5. The lowest BCUT2D eigenvalue weighted by Crippen LogP contribution is -2.33. The van der Waals surface area contributed by atoms with Gasteiger partial charge in [0.15, 0.2) is 0 Å². The Morgan fingerprint density at radius 1 is 1.00 bits per heavy atom. The van der Waals surface area contributed by atoms with Crippen LogP contribution in [0.25, 0.3) is 22.0 Å². The second-order valence-electron chi connectivity index (χ2n) is 7.71. The van der Waals surface area contributed by atoms with Gasteiger partial charge >= 0.3 is 0 Å². The molecule has 1 unspecified atom stereocenters. The molecule has 4 rings (SSSR count). The van der Waals surface area contributed by atoms with Crippen molar-refractivity contribution in [2.24, 2.45) is 0 Å². The topological polar surface area (TPSA) is 76.5 Å². The fraction of sp³-hybridized carbons (Fsp3) is 0.391. The molecule has 0 radical (unpaired) electrons. The summed E-state index contributed by atoms with van der Waals surface area (Å²) in [5.41, 5.74) is 2.22. The first-order valence-corrected chi connectivity index (χ1v) is 11.1. The van der Waals surface area contributed by atoms with Crippen molar-refractivity contribution in [1.29, 1.82) is 0 Å². The monoisotopic (exact) mass is 461 g/mol. The molecule has 0 saturated heterocycles. The van der Waals surface area contributed by atoms with Crippen LogP contribution in [0.1, 0.15) is 32.1 Å². The molecule has 1 aliphatic carbocycles.